The molecule has 1 aliphatic heterocycles. The van der Waals surface area contributed by atoms with Gasteiger partial charge in [-0.1, -0.05) is 0 Å². The van der Waals surface area contributed by atoms with Gasteiger partial charge in [-0.05, 0) is 32.2 Å². The Morgan fingerprint density at radius 2 is 2.15 bits per heavy atom. The summed E-state index contributed by atoms with van der Waals surface area (Å²) >= 11 is 0. The molecule has 0 amide bonds. The van der Waals surface area contributed by atoms with Crippen LogP contribution in [0.3, 0.4) is 0 Å². The van der Waals surface area contributed by atoms with E-state index < -0.39 is 0 Å². The van der Waals surface area contributed by atoms with E-state index in [-0.39, 0.29) is 5.60 Å². The third-order valence-electron chi connectivity index (χ3n) is 4.30. The average molecular weight is 284 g/mol. The van der Waals surface area contributed by atoms with Gasteiger partial charge in [-0.25, -0.2) is 0 Å². The molecule has 6 nitrogen and oxygen atoms in total. The third-order valence-corrected chi connectivity index (χ3v) is 4.30. The molecule has 0 spiro atoms. The molecule has 0 aromatic carbocycles. The van der Waals surface area contributed by atoms with E-state index in [1.54, 1.807) is 7.11 Å². The first-order valence-corrected chi connectivity index (χ1v) is 7.63. The van der Waals surface area contributed by atoms with Crippen LogP contribution in [0, 0.1) is 0 Å². The summed E-state index contributed by atoms with van der Waals surface area (Å²) in [6, 6.07) is 0. The molecular weight excluding hydrogens is 256 g/mol. The smallest absolute Gasteiger partial charge is 0.188 e. The summed E-state index contributed by atoms with van der Waals surface area (Å²) in [7, 11) is 1.76. The van der Waals surface area contributed by atoms with E-state index in [0.717, 1.165) is 58.7 Å². The van der Waals surface area contributed by atoms with Crippen molar-refractivity contribution >= 4 is 5.96 Å². The molecule has 2 fully saturated rings. The fraction of sp³-hybridized carbons (Fsp3) is 0.929. The molecule has 0 aromatic rings. The third kappa shape index (κ3) is 4.61. The minimum Gasteiger partial charge on any atom is -0.379 e. The van der Waals surface area contributed by atoms with Crippen LogP contribution in [0.2, 0.25) is 0 Å². The van der Waals surface area contributed by atoms with Crippen molar-refractivity contribution in [1.29, 1.82) is 0 Å². The number of nitrogens with one attached hydrogen (secondary N) is 1. The zero-order chi connectivity index (χ0) is 14.3. The Morgan fingerprint density at radius 1 is 1.40 bits per heavy atom. The Labute approximate surface area is 121 Å². The second kappa shape index (κ2) is 7.81. The van der Waals surface area contributed by atoms with Crippen LogP contribution >= 0.6 is 0 Å². The van der Waals surface area contributed by atoms with E-state index in [9.17, 15) is 0 Å². The number of nitrogens with two attached hydrogens (primary N) is 1. The SMILES string of the molecule is COC1(CN=C(N)NCCCN2CCOCC2)CCC1. The van der Waals surface area contributed by atoms with Crippen molar-refractivity contribution in [3.05, 3.63) is 0 Å². The number of ether oxygens (including phenoxy) is 2. The minimum atomic E-state index is -0.0416. The van der Waals surface area contributed by atoms with Crippen molar-refractivity contribution in [1.82, 2.24) is 10.2 Å². The van der Waals surface area contributed by atoms with Crippen molar-refractivity contribution in [3.8, 4) is 0 Å². The highest BCUT2D eigenvalue weighted by Crippen LogP contribution is 2.35. The fourth-order valence-corrected chi connectivity index (χ4v) is 2.63. The van der Waals surface area contributed by atoms with Gasteiger partial charge < -0.3 is 20.5 Å². The lowest BCUT2D eigenvalue weighted by atomic mass is 9.80. The van der Waals surface area contributed by atoms with Gasteiger partial charge >= 0.3 is 0 Å². The number of methoxy groups -OCH3 is 1. The number of guanidine groups is 1. The Kier molecular flexibility index (Phi) is 6.06. The Balaban J connectivity index is 1.56. The van der Waals surface area contributed by atoms with Gasteiger partial charge in [0.15, 0.2) is 5.96 Å². The first-order valence-electron chi connectivity index (χ1n) is 7.63. The van der Waals surface area contributed by atoms with Crippen LogP contribution in [0.25, 0.3) is 0 Å². The van der Waals surface area contributed by atoms with Gasteiger partial charge in [0.05, 0.1) is 25.4 Å². The van der Waals surface area contributed by atoms with Crippen LogP contribution in [-0.4, -0.2) is 69.5 Å². The van der Waals surface area contributed by atoms with Crippen LogP contribution in [0.15, 0.2) is 4.99 Å². The maximum atomic E-state index is 5.88. The van der Waals surface area contributed by atoms with E-state index in [1.807, 2.05) is 0 Å². The molecule has 2 rings (SSSR count). The van der Waals surface area contributed by atoms with Gasteiger partial charge in [0.2, 0.25) is 0 Å². The van der Waals surface area contributed by atoms with Gasteiger partial charge in [0.25, 0.3) is 0 Å². The number of hydrogen-bond acceptors (Lipinski definition) is 4. The predicted octanol–water partition coefficient (Wildman–Crippen LogP) is 0.182. The highest BCUT2D eigenvalue weighted by atomic mass is 16.5. The monoisotopic (exact) mass is 284 g/mol. The van der Waals surface area contributed by atoms with Gasteiger partial charge in [-0.2, -0.15) is 0 Å². The highest BCUT2D eigenvalue weighted by molar-refractivity contribution is 5.77. The summed E-state index contributed by atoms with van der Waals surface area (Å²) in [6.45, 7) is 6.43. The topological polar surface area (TPSA) is 72.1 Å². The Hall–Kier alpha value is -0.850. The Bertz CT molecular complexity index is 307. The van der Waals surface area contributed by atoms with Crippen LogP contribution in [0.5, 0.6) is 0 Å². The minimum absolute atomic E-state index is 0.0416. The molecule has 1 saturated heterocycles. The maximum Gasteiger partial charge on any atom is 0.188 e. The molecule has 1 saturated carbocycles. The van der Waals surface area contributed by atoms with E-state index in [4.69, 9.17) is 15.2 Å². The molecule has 1 aliphatic carbocycles. The van der Waals surface area contributed by atoms with Crippen molar-refractivity contribution < 1.29 is 9.47 Å². The second-order valence-corrected chi connectivity index (χ2v) is 5.68. The molecule has 116 valence electrons. The number of nitrogens with zero attached hydrogens (tertiary/aromatic N) is 2. The zero-order valence-electron chi connectivity index (χ0n) is 12.6. The van der Waals surface area contributed by atoms with E-state index in [0.29, 0.717) is 12.5 Å². The number of morpholine rings is 1. The fourth-order valence-electron chi connectivity index (χ4n) is 2.63. The molecule has 0 unspecified atom stereocenters. The van der Waals surface area contributed by atoms with E-state index in [1.165, 1.54) is 6.42 Å². The predicted molar refractivity (Wildman–Crippen MR) is 80.0 cm³/mol. The molecule has 0 aromatic heterocycles. The molecule has 6 heteroatoms. The van der Waals surface area contributed by atoms with Crippen LogP contribution < -0.4 is 11.1 Å². The average Bonchev–Trinajstić information content (AvgIpc) is 2.44. The molecule has 3 N–H and O–H groups in total. The quantitative estimate of drug-likeness (QED) is 0.396. The van der Waals surface area contributed by atoms with E-state index in [2.05, 4.69) is 15.2 Å². The molecule has 1 heterocycles. The van der Waals surface area contributed by atoms with Gasteiger partial charge in [-0.15, -0.1) is 0 Å². The summed E-state index contributed by atoms with van der Waals surface area (Å²) in [6.07, 6.45) is 4.50. The van der Waals surface area contributed by atoms with Crippen molar-refractivity contribution in [2.75, 3.05) is 53.0 Å². The first kappa shape index (κ1) is 15.5. The summed E-state index contributed by atoms with van der Waals surface area (Å²) < 4.78 is 10.8. The van der Waals surface area contributed by atoms with Crippen molar-refractivity contribution in [2.45, 2.75) is 31.3 Å². The lowest BCUT2D eigenvalue weighted by molar-refractivity contribution is -0.0630. The lowest BCUT2D eigenvalue weighted by Crippen LogP contribution is -2.44. The summed E-state index contributed by atoms with van der Waals surface area (Å²) in [5, 5.41) is 3.18. The molecule has 0 radical (unpaired) electrons. The maximum absolute atomic E-state index is 5.88. The van der Waals surface area contributed by atoms with Gasteiger partial charge in [-0.3, -0.25) is 9.89 Å². The van der Waals surface area contributed by atoms with Crippen LogP contribution in [-0.2, 0) is 9.47 Å². The van der Waals surface area contributed by atoms with Crippen molar-refractivity contribution in [2.24, 2.45) is 10.7 Å². The number of rotatable bonds is 7. The summed E-state index contributed by atoms with van der Waals surface area (Å²) in [5.74, 6) is 0.537. The molecular formula is C14H28N4O2. The molecule has 0 bridgehead atoms. The molecule has 0 atom stereocenters. The molecule has 2 aliphatic rings. The number of aliphatic imine (C=N–C) groups is 1. The first-order chi connectivity index (χ1) is 9.74. The Morgan fingerprint density at radius 3 is 2.75 bits per heavy atom. The van der Waals surface area contributed by atoms with Crippen LogP contribution in [0.4, 0.5) is 0 Å². The summed E-state index contributed by atoms with van der Waals surface area (Å²) in [5.41, 5.74) is 5.84. The highest BCUT2D eigenvalue weighted by Gasteiger charge is 2.36. The normalized spacial score (nSPS) is 23.4. The standard InChI is InChI=1S/C14H28N4O2/c1-19-14(4-2-5-14)12-17-13(15)16-6-3-7-18-8-10-20-11-9-18/h2-12H2,1H3,(H3,15,16,17). The van der Waals surface area contributed by atoms with Gasteiger partial charge in [0.1, 0.15) is 0 Å². The largest absolute Gasteiger partial charge is 0.379 e. The van der Waals surface area contributed by atoms with Crippen molar-refractivity contribution in [3.63, 3.8) is 0 Å². The lowest BCUT2D eigenvalue weighted by Gasteiger charge is -2.39. The number of hydrogen-bond donors (Lipinski definition) is 2. The van der Waals surface area contributed by atoms with Crippen LogP contribution in [0.1, 0.15) is 25.7 Å². The molecule has 20 heavy (non-hydrogen) atoms. The summed E-state index contributed by atoms with van der Waals surface area (Å²) in [4.78, 5) is 6.82. The van der Waals surface area contributed by atoms with Gasteiger partial charge in [0, 0.05) is 26.7 Å². The van der Waals surface area contributed by atoms with E-state index >= 15 is 0 Å². The zero-order valence-corrected chi connectivity index (χ0v) is 12.6. The second-order valence-electron chi connectivity index (χ2n) is 5.68.